The summed E-state index contributed by atoms with van der Waals surface area (Å²) in [5, 5.41) is 0. The Kier molecular flexibility index (Phi) is 3.73. The van der Waals surface area contributed by atoms with E-state index >= 15 is 0 Å². The van der Waals surface area contributed by atoms with Crippen LogP contribution in [0.1, 0.15) is 26.7 Å². The van der Waals surface area contributed by atoms with Gasteiger partial charge in [0, 0.05) is 12.6 Å². The van der Waals surface area contributed by atoms with Crippen molar-refractivity contribution in [1.29, 1.82) is 0 Å². The molecule has 5 heteroatoms. The second-order valence-electron chi connectivity index (χ2n) is 5.04. The van der Waals surface area contributed by atoms with Crippen molar-refractivity contribution < 1.29 is 12.8 Å². The Morgan fingerprint density at radius 3 is 2.44 bits per heavy atom. The summed E-state index contributed by atoms with van der Waals surface area (Å²) in [7, 11) is -3.73. The van der Waals surface area contributed by atoms with Crippen LogP contribution in [0.5, 0.6) is 0 Å². The first kappa shape index (κ1) is 13.5. The van der Waals surface area contributed by atoms with Crippen LogP contribution in [0.4, 0.5) is 4.39 Å². The smallest absolute Gasteiger partial charge is 0.207 e. The Morgan fingerprint density at radius 1 is 1.33 bits per heavy atom. The van der Waals surface area contributed by atoms with Gasteiger partial charge in [-0.15, -0.1) is 0 Å². The predicted molar refractivity (Wildman–Crippen MR) is 68.2 cm³/mol. The molecule has 1 aliphatic carbocycles. The van der Waals surface area contributed by atoms with Crippen molar-refractivity contribution in [1.82, 2.24) is 4.31 Å². The molecule has 0 N–H and O–H groups in total. The standard InChI is InChI=1S/C13H18FNO2S/c1-10(2)15(9-11-7-8-11)18(16,17)13-6-4-3-5-12(13)14/h3-6,10-11H,7-9H2,1-2H3. The quantitative estimate of drug-likeness (QED) is 0.825. The first-order chi connectivity index (χ1) is 8.43. The van der Waals surface area contributed by atoms with Gasteiger partial charge in [-0.1, -0.05) is 12.1 Å². The van der Waals surface area contributed by atoms with E-state index in [1.807, 2.05) is 13.8 Å². The van der Waals surface area contributed by atoms with Gasteiger partial charge >= 0.3 is 0 Å². The van der Waals surface area contributed by atoms with Gasteiger partial charge in [0.15, 0.2) is 0 Å². The highest BCUT2D eigenvalue weighted by atomic mass is 32.2. The summed E-state index contributed by atoms with van der Waals surface area (Å²) in [5.41, 5.74) is 0. The van der Waals surface area contributed by atoms with Crippen LogP contribution in [0.15, 0.2) is 29.2 Å². The van der Waals surface area contributed by atoms with E-state index in [9.17, 15) is 12.8 Å². The van der Waals surface area contributed by atoms with Crippen LogP contribution in [0.25, 0.3) is 0 Å². The lowest BCUT2D eigenvalue weighted by atomic mass is 10.3. The molecule has 0 atom stereocenters. The third-order valence-electron chi connectivity index (χ3n) is 3.13. The van der Waals surface area contributed by atoms with E-state index < -0.39 is 15.8 Å². The zero-order valence-electron chi connectivity index (χ0n) is 10.6. The molecule has 0 saturated heterocycles. The molecule has 0 amide bonds. The lowest BCUT2D eigenvalue weighted by Crippen LogP contribution is -2.38. The molecule has 0 bridgehead atoms. The van der Waals surface area contributed by atoms with Gasteiger partial charge in [-0.2, -0.15) is 4.31 Å². The van der Waals surface area contributed by atoms with E-state index in [0.717, 1.165) is 12.8 Å². The maximum Gasteiger partial charge on any atom is 0.246 e. The van der Waals surface area contributed by atoms with Gasteiger partial charge in [-0.05, 0) is 44.7 Å². The number of benzene rings is 1. The van der Waals surface area contributed by atoms with Crippen molar-refractivity contribution >= 4 is 10.0 Å². The van der Waals surface area contributed by atoms with Crippen LogP contribution in [0.2, 0.25) is 0 Å². The van der Waals surface area contributed by atoms with Gasteiger partial charge in [0.25, 0.3) is 0 Å². The van der Waals surface area contributed by atoms with Crippen molar-refractivity contribution in [3.05, 3.63) is 30.1 Å². The fourth-order valence-corrected chi connectivity index (χ4v) is 3.70. The Labute approximate surface area is 108 Å². The Hall–Kier alpha value is -0.940. The van der Waals surface area contributed by atoms with E-state index in [-0.39, 0.29) is 10.9 Å². The van der Waals surface area contributed by atoms with Crippen LogP contribution >= 0.6 is 0 Å². The third kappa shape index (κ3) is 2.72. The SMILES string of the molecule is CC(C)N(CC1CC1)S(=O)(=O)c1ccccc1F. The Morgan fingerprint density at radius 2 is 1.94 bits per heavy atom. The number of rotatable bonds is 5. The molecule has 1 fully saturated rings. The minimum Gasteiger partial charge on any atom is -0.207 e. The molecule has 1 aromatic carbocycles. The van der Waals surface area contributed by atoms with Crippen LogP contribution in [0, 0.1) is 11.7 Å². The number of halogens is 1. The molecule has 0 heterocycles. The Bertz CT molecular complexity index is 524. The molecular weight excluding hydrogens is 253 g/mol. The van der Waals surface area contributed by atoms with Crippen LogP contribution in [-0.4, -0.2) is 25.3 Å². The lowest BCUT2D eigenvalue weighted by molar-refractivity contribution is 0.340. The summed E-state index contributed by atoms with van der Waals surface area (Å²) in [6, 6.07) is 5.39. The minimum atomic E-state index is -3.73. The maximum absolute atomic E-state index is 13.7. The zero-order chi connectivity index (χ0) is 13.3. The normalized spacial score (nSPS) is 16.5. The molecule has 0 spiro atoms. The van der Waals surface area contributed by atoms with Crippen LogP contribution in [-0.2, 0) is 10.0 Å². The van der Waals surface area contributed by atoms with E-state index in [1.165, 1.54) is 22.5 Å². The van der Waals surface area contributed by atoms with Gasteiger partial charge < -0.3 is 0 Å². The van der Waals surface area contributed by atoms with Gasteiger partial charge in [-0.25, -0.2) is 12.8 Å². The molecule has 0 radical (unpaired) electrons. The lowest BCUT2D eigenvalue weighted by Gasteiger charge is -2.26. The molecule has 18 heavy (non-hydrogen) atoms. The summed E-state index contributed by atoms with van der Waals surface area (Å²) in [6.07, 6.45) is 2.13. The van der Waals surface area contributed by atoms with E-state index in [4.69, 9.17) is 0 Å². The van der Waals surface area contributed by atoms with Gasteiger partial charge in [0.2, 0.25) is 10.0 Å². The fraction of sp³-hybridized carbons (Fsp3) is 0.538. The van der Waals surface area contributed by atoms with Crippen molar-refractivity contribution in [2.45, 2.75) is 37.6 Å². The fourth-order valence-electron chi connectivity index (χ4n) is 1.92. The molecular formula is C13H18FNO2S. The molecule has 1 saturated carbocycles. The largest absolute Gasteiger partial charge is 0.246 e. The summed E-state index contributed by atoms with van der Waals surface area (Å²) < 4.78 is 39.9. The number of hydrogen-bond acceptors (Lipinski definition) is 2. The van der Waals surface area contributed by atoms with Crippen molar-refractivity contribution in [3.8, 4) is 0 Å². The molecule has 1 aliphatic rings. The van der Waals surface area contributed by atoms with E-state index in [0.29, 0.717) is 12.5 Å². The second-order valence-corrected chi connectivity index (χ2v) is 6.90. The average Bonchev–Trinajstić information content (AvgIpc) is 3.09. The summed E-state index contributed by atoms with van der Waals surface area (Å²) >= 11 is 0. The molecule has 0 aromatic heterocycles. The zero-order valence-corrected chi connectivity index (χ0v) is 11.5. The third-order valence-corrected chi connectivity index (χ3v) is 5.21. The average molecular weight is 271 g/mol. The van der Waals surface area contributed by atoms with Gasteiger partial charge in [0.05, 0.1) is 0 Å². The molecule has 100 valence electrons. The van der Waals surface area contributed by atoms with Crippen molar-refractivity contribution in [3.63, 3.8) is 0 Å². The van der Waals surface area contributed by atoms with E-state index in [2.05, 4.69) is 0 Å². The number of hydrogen-bond donors (Lipinski definition) is 0. The monoisotopic (exact) mass is 271 g/mol. The van der Waals surface area contributed by atoms with Gasteiger partial charge in [0.1, 0.15) is 10.7 Å². The summed E-state index contributed by atoms with van der Waals surface area (Å²) in [6.45, 7) is 4.13. The predicted octanol–water partition coefficient (Wildman–Crippen LogP) is 2.63. The first-order valence-electron chi connectivity index (χ1n) is 6.19. The highest BCUT2D eigenvalue weighted by Gasteiger charge is 2.34. The van der Waals surface area contributed by atoms with Crippen LogP contribution in [0.3, 0.4) is 0 Å². The molecule has 0 aliphatic heterocycles. The Balaban J connectivity index is 2.35. The summed E-state index contributed by atoms with van der Waals surface area (Å²) in [5.74, 6) is -0.243. The van der Waals surface area contributed by atoms with E-state index in [1.54, 1.807) is 6.07 Å². The van der Waals surface area contributed by atoms with Gasteiger partial charge in [-0.3, -0.25) is 0 Å². The molecule has 1 aromatic rings. The first-order valence-corrected chi connectivity index (χ1v) is 7.63. The molecule has 2 rings (SSSR count). The molecule has 0 unspecified atom stereocenters. The maximum atomic E-state index is 13.7. The highest BCUT2D eigenvalue weighted by Crippen LogP contribution is 2.32. The topological polar surface area (TPSA) is 37.4 Å². The minimum absolute atomic E-state index is 0.157. The van der Waals surface area contributed by atoms with Crippen molar-refractivity contribution in [2.24, 2.45) is 5.92 Å². The number of nitrogens with zero attached hydrogens (tertiary/aromatic N) is 1. The second kappa shape index (κ2) is 4.97. The summed E-state index contributed by atoms with van der Waals surface area (Å²) in [4.78, 5) is -0.223. The van der Waals surface area contributed by atoms with Crippen molar-refractivity contribution in [2.75, 3.05) is 6.54 Å². The van der Waals surface area contributed by atoms with Crippen LogP contribution < -0.4 is 0 Å². The number of sulfonamides is 1. The molecule has 3 nitrogen and oxygen atoms in total. The highest BCUT2D eigenvalue weighted by molar-refractivity contribution is 7.89.